The standard InChI is InChI=1S/C40H71NO4/c1-3-5-7-9-11-13-15-17-18-20-22-24-29-33-39(42)41-38(36-44-35-37-31-27-26-28-32-37)40(43)45-34-30-25-23-21-19-16-14-12-10-8-6-4-2/h26-28,31-32,38H,3-25,29-30,33-36H2,1-2H3,(H,41,42). The number of hydrogen-bond acceptors (Lipinski definition) is 4. The molecule has 0 fully saturated rings. The fraction of sp³-hybridized carbons (Fsp3) is 0.800. The number of esters is 1. The molecule has 0 saturated heterocycles. The molecule has 1 N–H and O–H groups in total. The van der Waals surface area contributed by atoms with Crippen LogP contribution in [0.3, 0.4) is 0 Å². The van der Waals surface area contributed by atoms with Gasteiger partial charge in [-0.1, -0.05) is 192 Å². The van der Waals surface area contributed by atoms with E-state index in [1.54, 1.807) is 0 Å². The number of rotatable bonds is 33. The van der Waals surface area contributed by atoms with Crippen molar-refractivity contribution in [2.75, 3.05) is 13.2 Å². The van der Waals surface area contributed by atoms with Crippen molar-refractivity contribution in [3.63, 3.8) is 0 Å². The van der Waals surface area contributed by atoms with E-state index in [4.69, 9.17) is 9.47 Å². The van der Waals surface area contributed by atoms with Crippen molar-refractivity contribution in [1.82, 2.24) is 5.32 Å². The number of ether oxygens (including phenoxy) is 2. The van der Waals surface area contributed by atoms with Crippen LogP contribution in [0, 0.1) is 0 Å². The summed E-state index contributed by atoms with van der Waals surface area (Å²) in [6.07, 6.45) is 32.3. The van der Waals surface area contributed by atoms with E-state index < -0.39 is 6.04 Å². The molecule has 1 aromatic rings. The van der Waals surface area contributed by atoms with Gasteiger partial charge in [-0.15, -0.1) is 0 Å². The van der Waals surface area contributed by atoms with Crippen LogP contribution >= 0.6 is 0 Å². The molecule has 5 nitrogen and oxygen atoms in total. The van der Waals surface area contributed by atoms with Crippen molar-refractivity contribution in [3.8, 4) is 0 Å². The molecule has 0 aliphatic heterocycles. The highest BCUT2D eigenvalue weighted by Gasteiger charge is 2.22. The fourth-order valence-corrected chi connectivity index (χ4v) is 5.82. The third-order valence-electron chi connectivity index (χ3n) is 8.77. The number of carbonyl (C=O) groups is 2. The number of hydrogen-bond donors (Lipinski definition) is 1. The predicted molar refractivity (Wildman–Crippen MR) is 190 cm³/mol. The number of carbonyl (C=O) groups excluding carboxylic acids is 2. The third-order valence-corrected chi connectivity index (χ3v) is 8.77. The van der Waals surface area contributed by atoms with Gasteiger partial charge in [0.1, 0.15) is 0 Å². The van der Waals surface area contributed by atoms with Gasteiger partial charge in [-0.25, -0.2) is 4.79 Å². The Labute approximate surface area is 278 Å². The summed E-state index contributed by atoms with van der Waals surface area (Å²) in [7, 11) is 0. The van der Waals surface area contributed by atoms with E-state index in [9.17, 15) is 9.59 Å². The van der Waals surface area contributed by atoms with Crippen molar-refractivity contribution < 1.29 is 19.1 Å². The number of benzene rings is 1. The molecule has 1 atom stereocenters. The Morgan fingerprint density at radius 2 is 1.00 bits per heavy atom. The van der Waals surface area contributed by atoms with Crippen LogP contribution in [0.2, 0.25) is 0 Å². The highest BCUT2D eigenvalue weighted by Crippen LogP contribution is 2.14. The minimum Gasteiger partial charge on any atom is -0.464 e. The zero-order valence-corrected chi connectivity index (χ0v) is 29.6. The summed E-state index contributed by atoms with van der Waals surface area (Å²) in [5.41, 5.74) is 1.04. The average molecular weight is 630 g/mol. The van der Waals surface area contributed by atoms with E-state index in [1.807, 2.05) is 30.3 Å². The maximum absolute atomic E-state index is 12.9. The number of unbranched alkanes of at least 4 members (excludes halogenated alkanes) is 23. The van der Waals surface area contributed by atoms with Gasteiger partial charge in [0.25, 0.3) is 0 Å². The molecule has 1 aromatic carbocycles. The van der Waals surface area contributed by atoms with Crippen LogP contribution in [0.5, 0.6) is 0 Å². The van der Waals surface area contributed by atoms with Crippen molar-refractivity contribution in [2.45, 2.75) is 193 Å². The Hall–Kier alpha value is -1.88. The smallest absolute Gasteiger partial charge is 0.331 e. The van der Waals surface area contributed by atoms with Gasteiger partial charge >= 0.3 is 5.97 Å². The second-order valence-corrected chi connectivity index (χ2v) is 13.2. The molecule has 0 heterocycles. The second-order valence-electron chi connectivity index (χ2n) is 13.2. The average Bonchev–Trinajstić information content (AvgIpc) is 3.05. The SMILES string of the molecule is CCCCCCCCCCCCCCCC(=O)NC(COCc1ccccc1)C(=O)OCCCCCCCCCCCCCC. The monoisotopic (exact) mass is 630 g/mol. The van der Waals surface area contributed by atoms with Crippen molar-refractivity contribution in [1.29, 1.82) is 0 Å². The van der Waals surface area contributed by atoms with Gasteiger partial charge in [-0.05, 0) is 18.4 Å². The zero-order chi connectivity index (χ0) is 32.5. The lowest BCUT2D eigenvalue weighted by Gasteiger charge is -2.18. The van der Waals surface area contributed by atoms with E-state index in [0.717, 1.165) is 31.2 Å². The molecular weight excluding hydrogens is 558 g/mol. The molecule has 0 bridgehead atoms. The lowest BCUT2D eigenvalue weighted by Crippen LogP contribution is -2.45. The molecule has 1 rings (SSSR count). The van der Waals surface area contributed by atoms with Gasteiger partial charge in [-0.3, -0.25) is 4.79 Å². The summed E-state index contributed by atoms with van der Waals surface area (Å²) in [5, 5.41) is 2.90. The second kappa shape index (κ2) is 32.1. The Morgan fingerprint density at radius 1 is 0.578 bits per heavy atom. The van der Waals surface area contributed by atoms with Gasteiger partial charge in [0.15, 0.2) is 6.04 Å². The molecule has 0 spiro atoms. The van der Waals surface area contributed by atoms with E-state index in [2.05, 4.69) is 19.2 Å². The van der Waals surface area contributed by atoms with E-state index >= 15 is 0 Å². The van der Waals surface area contributed by atoms with Crippen LogP contribution in [0.1, 0.15) is 186 Å². The van der Waals surface area contributed by atoms with Crippen molar-refractivity contribution in [3.05, 3.63) is 35.9 Å². The lowest BCUT2D eigenvalue weighted by molar-refractivity contribution is -0.150. The molecule has 45 heavy (non-hydrogen) atoms. The van der Waals surface area contributed by atoms with Gasteiger partial charge in [0, 0.05) is 6.42 Å². The van der Waals surface area contributed by atoms with Gasteiger partial charge in [0.05, 0.1) is 19.8 Å². The first kappa shape index (κ1) is 41.1. The zero-order valence-electron chi connectivity index (χ0n) is 29.6. The molecule has 1 unspecified atom stereocenters. The van der Waals surface area contributed by atoms with E-state index in [-0.39, 0.29) is 18.5 Å². The molecule has 5 heteroatoms. The minimum atomic E-state index is -0.763. The predicted octanol–water partition coefficient (Wildman–Crippen LogP) is 11.4. The lowest BCUT2D eigenvalue weighted by atomic mass is 10.0. The minimum absolute atomic E-state index is 0.0892. The maximum atomic E-state index is 12.9. The molecule has 260 valence electrons. The molecule has 0 radical (unpaired) electrons. The molecule has 0 aromatic heterocycles. The summed E-state index contributed by atoms with van der Waals surface area (Å²) < 4.78 is 11.4. The van der Waals surface area contributed by atoms with Gasteiger partial charge in [-0.2, -0.15) is 0 Å². The van der Waals surface area contributed by atoms with E-state index in [1.165, 1.54) is 135 Å². The molecule has 0 aliphatic carbocycles. The van der Waals surface area contributed by atoms with E-state index in [0.29, 0.717) is 19.6 Å². The van der Waals surface area contributed by atoms with Crippen molar-refractivity contribution in [2.24, 2.45) is 0 Å². The van der Waals surface area contributed by atoms with Crippen LogP contribution in [0.15, 0.2) is 30.3 Å². The van der Waals surface area contributed by atoms with Crippen molar-refractivity contribution >= 4 is 11.9 Å². The number of amides is 1. The first-order chi connectivity index (χ1) is 22.2. The molecular formula is C40H71NO4. The quantitative estimate of drug-likeness (QED) is 0.0620. The topological polar surface area (TPSA) is 64.6 Å². The summed E-state index contributed by atoms with van der Waals surface area (Å²) in [5.74, 6) is -0.474. The Balaban J connectivity index is 2.20. The summed E-state index contributed by atoms with van der Waals surface area (Å²) >= 11 is 0. The van der Waals surface area contributed by atoms with Gasteiger partial charge in [0.2, 0.25) is 5.91 Å². The highest BCUT2D eigenvalue weighted by atomic mass is 16.5. The van der Waals surface area contributed by atoms with Crippen LogP contribution in [-0.2, 0) is 25.7 Å². The first-order valence-corrected chi connectivity index (χ1v) is 19.2. The largest absolute Gasteiger partial charge is 0.464 e. The van der Waals surface area contributed by atoms with Crippen LogP contribution in [0.4, 0.5) is 0 Å². The summed E-state index contributed by atoms with van der Waals surface area (Å²) in [4.78, 5) is 25.6. The number of nitrogens with one attached hydrogen (secondary N) is 1. The van der Waals surface area contributed by atoms with Crippen LogP contribution in [-0.4, -0.2) is 31.1 Å². The first-order valence-electron chi connectivity index (χ1n) is 19.2. The highest BCUT2D eigenvalue weighted by molar-refractivity contribution is 5.84. The summed E-state index contributed by atoms with van der Waals surface area (Å²) in [6, 6.07) is 9.13. The normalized spacial score (nSPS) is 11.9. The maximum Gasteiger partial charge on any atom is 0.331 e. The van der Waals surface area contributed by atoms with Gasteiger partial charge < -0.3 is 14.8 Å². The summed E-state index contributed by atoms with van der Waals surface area (Å²) in [6.45, 7) is 5.46. The van der Waals surface area contributed by atoms with Crippen LogP contribution < -0.4 is 5.32 Å². The fourth-order valence-electron chi connectivity index (χ4n) is 5.82. The Bertz CT molecular complexity index is 784. The van der Waals surface area contributed by atoms with Crippen LogP contribution in [0.25, 0.3) is 0 Å². The molecule has 1 amide bonds. The third kappa shape index (κ3) is 27.0. The Kier molecular flexibility index (Phi) is 29.3. The Morgan fingerprint density at radius 3 is 1.47 bits per heavy atom. The molecule has 0 saturated carbocycles. The molecule has 0 aliphatic rings.